The number of nitrogens with zero attached hydrogens (tertiary/aromatic N) is 2. The summed E-state index contributed by atoms with van der Waals surface area (Å²) in [6.45, 7) is -2.58. The van der Waals surface area contributed by atoms with Crippen molar-refractivity contribution in [3.05, 3.63) is 23.9 Å². The highest BCUT2D eigenvalue weighted by atomic mass is 19.3. The van der Waals surface area contributed by atoms with E-state index < -0.39 is 6.61 Å². The molecule has 1 aliphatic carbocycles. The van der Waals surface area contributed by atoms with Crippen molar-refractivity contribution in [3.63, 3.8) is 0 Å². The number of ether oxygens (including phenoxy) is 1. The Balaban J connectivity index is 1.91. The van der Waals surface area contributed by atoms with Gasteiger partial charge in [-0.25, -0.2) is 9.98 Å². The Morgan fingerprint density at radius 1 is 1.61 bits per heavy atom. The molecule has 0 saturated heterocycles. The van der Waals surface area contributed by atoms with Crippen LogP contribution in [-0.4, -0.2) is 23.6 Å². The van der Waals surface area contributed by atoms with Gasteiger partial charge >= 0.3 is 6.61 Å². The van der Waals surface area contributed by atoms with Crippen LogP contribution in [0, 0.1) is 0 Å². The first-order chi connectivity index (χ1) is 8.63. The minimum atomic E-state index is -2.88. The highest BCUT2D eigenvalue weighted by Gasteiger charge is 2.21. The van der Waals surface area contributed by atoms with Gasteiger partial charge in [0.1, 0.15) is 0 Å². The van der Waals surface area contributed by atoms with Crippen molar-refractivity contribution in [2.75, 3.05) is 0 Å². The van der Waals surface area contributed by atoms with E-state index in [1.54, 1.807) is 6.07 Å². The third-order valence-corrected chi connectivity index (χ3v) is 2.37. The molecule has 0 radical (unpaired) electrons. The normalized spacial score (nSPS) is 15.8. The summed E-state index contributed by atoms with van der Waals surface area (Å²) in [5.41, 5.74) is 6.36. The van der Waals surface area contributed by atoms with Crippen LogP contribution in [-0.2, 0) is 6.54 Å². The standard InChI is InChI=1S/C11H14F2N4O/c12-10(13)18-9-5-7(3-4-15-9)6-16-11(14)17-8-1-2-8/h3-5,8,10H,1-2,6H2,(H3,14,16,17). The van der Waals surface area contributed by atoms with Crippen LogP contribution in [0.3, 0.4) is 0 Å². The van der Waals surface area contributed by atoms with Crippen LogP contribution in [0.25, 0.3) is 0 Å². The van der Waals surface area contributed by atoms with Crippen LogP contribution in [0.5, 0.6) is 5.88 Å². The van der Waals surface area contributed by atoms with E-state index >= 15 is 0 Å². The van der Waals surface area contributed by atoms with Crippen molar-refractivity contribution in [2.45, 2.75) is 32.0 Å². The summed E-state index contributed by atoms with van der Waals surface area (Å²) in [4.78, 5) is 7.77. The van der Waals surface area contributed by atoms with Gasteiger partial charge in [-0.1, -0.05) is 0 Å². The fraction of sp³-hybridized carbons (Fsp3) is 0.455. The highest BCUT2D eigenvalue weighted by molar-refractivity contribution is 5.78. The number of aromatic nitrogens is 1. The fourth-order valence-corrected chi connectivity index (χ4v) is 1.36. The highest BCUT2D eigenvalue weighted by Crippen LogP contribution is 2.18. The molecule has 0 atom stereocenters. The Hall–Kier alpha value is -1.92. The van der Waals surface area contributed by atoms with Gasteiger partial charge in [0.05, 0.1) is 6.54 Å². The van der Waals surface area contributed by atoms with Gasteiger partial charge in [0.15, 0.2) is 5.96 Å². The minimum Gasteiger partial charge on any atom is -0.417 e. The maximum Gasteiger partial charge on any atom is 0.388 e. The predicted molar refractivity (Wildman–Crippen MR) is 62.4 cm³/mol. The maximum atomic E-state index is 12.0. The van der Waals surface area contributed by atoms with Gasteiger partial charge in [-0.15, -0.1) is 0 Å². The summed E-state index contributed by atoms with van der Waals surface area (Å²) in [7, 11) is 0. The van der Waals surface area contributed by atoms with Gasteiger partial charge < -0.3 is 15.8 Å². The Morgan fingerprint density at radius 2 is 2.39 bits per heavy atom. The molecule has 98 valence electrons. The zero-order valence-corrected chi connectivity index (χ0v) is 9.64. The topological polar surface area (TPSA) is 72.5 Å². The zero-order chi connectivity index (χ0) is 13.0. The van der Waals surface area contributed by atoms with E-state index in [1.807, 2.05) is 0 Å². The number of rotatable bonds is 5. The molecule has 1 heterocycles. The molecule has 2 rings (SSSR count). The van der Waals surface area contributed by atoms with Crippen LogP contribution < -0.4 is 15.8 Å². The molecular weight excluding hydrogens is 242 g/mol. The quantitative estimate of drug-likeness (QED) is 0.614. The van der Waals surface area contributed by atoms with E-state index in [4.69, 9.17) is 5.73 Å². The van der Waals surface area contributed by atoms with Crippen molar-refractivity contribution in [1.82, 2.24) is 10.3 Å². The van der Waals surface area contributed by atoms with Crippen molar-refractivity contribution >= 4 is 5.96 Å². The number of hydrogen-bond donors (Lipinski definition) is 2. The van der Waals surface area contributed by atoms with Gasteiger partial charge in [0, 0.05) is 18.3 Å². The number of nitrogens with two attached hydrogens (primary N) is 1. The van der Waals surface area contributed by atoms with E-state index in [0.717, 1.165) is 12.8 Å². The number of hydrogen-bond acceptors (Lipinski definition) is 3. The predicted octanol–water partition coefficient (Wildman–Crippen LogP) is 1.25. The Morgan fingerprint density at radius 3 is 3.06 bits per heavy atom. The third kappa shape index (κ3) is 4.15. The molecule has 18 heavy (non-hydrogen) atoms. The molecule has 1 fully saturated rings. The molecule has 7 heteroatoms. The van der Waals surface area contributed by atoms with Crippen molar-refractivity contribution in [3.8, 4) is 5.88 Å². The zero-order valence-electron chi connectivity index (χ0n) is 9.64. The summed E-state index contributed by atoms with van der Waals surface area (Å²) in [6, 6.07) is 3.52. The second-order valence-corrected chi connectivity index (χ2v) is 4.00. The largest absolute Gasteiger partial charge is 0.417 e. The number of nitrogens with one attached hydrogen (secondary N) is 1. The Kier molecular flexibility index (Phi) is 3.91. The first-order valence-corrected chi connectivity index (χ1v) is 5.59. The van der Waals surface area contributed by atoms with E-state index in [0.29, 0.717) is 24.1 Å². The molecule has 0 spiro atoms. The third-order valence-electron chi connectivity index (χ3n) is 2.37. The molecule has 5 nitrogen and oxygen atoms in total. The molecular formula is C11H14F2N4O. The number of pyridine rings is 1. The average molecular weight is 256 g/mol. The van der Waals surface area contributed by atoms with Crippen LogP contribution in [0.15, 0.2) is 23.3 Å². The van der Waals surface area contributed by atoms with Gasteiger partial charge in [0.25, 0.3) is 0 Å². The van der Waals surface area contributed by atoms with E-state index in [2.05, 4.69) is 20.0 Å². The number of halogens is 2. The Bertz CT molecular complexity index is 435. The summed E-state index contributed by atoms with van der Waals surface area (Å²) in [5.74, 6) is 0.247. The lowest BCUT2D eigenvalue weighted by molar-refractivity contribution is -0.0528. The van der Waals surface area contributed by atoms with Crippen LogP contribution in [0.2, 0.25) is 0 Å². The molecule has 1 aliphatic rings. The molecule has 1 saturated carbocycles. The molecule has 1 aromatic rings. The molecule has 0 aromatic carbocycles. The molecule has 0 bridgehead atoms. The Labute approximate surface area is 103 Å². The lowest BCUT2D eigenvalue weighted by atomic mass is 10.3. The number of guanidine groups is 1. The van der Waals surface area contributed by atoms with Crippen molar-refractivity contribution < 1.29 is 13.5 Å². The van der Waals surface area contributed by atoms with E-state index in [1.165, 1.54) is 12.3 Å². The molecule has 0 aliphatic heterocycles. The second-order valence-electron chi connectivity index (χ2n) is 4.00. The number of alkyl halides is 2. The van der Waals surface area contributed by atoms with Gasteiger partial charge in [0.2, 0.25) is 5.88 Å². The molecule has 3 N–H and O–H groups in total. The summed E-state index contributed by atoms with van der Waals surface area (Å²) >= 11 is 0. The first-order valence-electron chi connectivity index (χ1n) is 5.59. The lowest BCUT2D eigenvalue weighted by Gasteiger charge is -2.05. The monoisotopic (exact) mass is 256 g/mol. The van der Waals surface area contributed by atoms with Crippen molar-refractivity contribution in [2.24, 2.45) is 10.7 Å². The fourth-order valence-electron chi connectivity index (χ4n) is 1.36. The molecule has 1 aromatic heterocycles. The van der Waals surface area contributed by atoms with Crippen LogP contribution in [0.1, 0.15) is 18.4 Å². The van der Waals surface area contributed by atoms with Gasteiger partial charge in [-0.2, -0.15) is 8.78 Å². The average Bonchev–Trinajstić information content (AvgIpc) is 3.10. The first kappa shape index (κ1) is 12.5. The maximum absolute atomic E-state index is 12.0. The van der Waals surface area contributed by atoms with E-state index in [9.17, 15) is 8.78 Å². The smallest absolute Gasteiger partial charge is 0.388 e. The summed E-state index contributed by atoms with van der Waals surface area (Å²) in [6.07, 6.45) is 3.61. The van der Waals surface area contributed by atoms with E-state index in [-0.39, 0.29) is 5.88 Å². The lowest BCUT2D eigenvalue weighted by Crippen LogP contribution is -2.33. The van der Waals surface area contributed by atoms with Gasteiger partial charge in [-0.05, 0) is 24.5 Å². The van der Waals surface area contributed by atoms with Crippen LogP contribution >= 0.6 is 0 Å². The number of aliphatic imine (C=N–C) groups is 1. The SMILES string of the molecule is NC(=NCc1ccnc(OC(F)F)c1)NC1CC1. The second kappa shape index (κ2) is 5.61. The van der Waals surface area contributed by atoms with Crippen molar-refractivity contribution in [1.29, 1.82) is 0 Å². The summed E-state index contributed by atoms with van der Waals surface area (Å²) in [5, 5.41) is 3.03. The van der Waals surface area contributed by atoms with Gasteiger partial charge in [-0.3, -0.25) is 0 Å². The minimum absolute atomic E-state index is 0.119. The summed E-state index contributed by atoms with van der Waals surface area (Å²) < 4.78 is 28.2. The van der Waals surface area contributed by atoms with Crippen LogP contribution in [0.4, 0.5) is 8.78 Å². The molecule has 0 unspecified atom stereocenters. The molecule has 0 amide bonds.